The highest BCUT2D eigenvalue weighted by atomic mass is 19.2. The first-order chi connectivity index (χ1) is 8.06. The van der Waals surface area contributed by atoms with Crippen molar-refractivity contribution in [1.82, 2.24) is 0 Å². The molecule has 2 N–H and O–H groups in total. The van der Waals surface area contributed by atoms with Crippen molar-refractivity contribution in [1.29, 1.82) is 0 Å². The first-order valence-electron chi connectivity index (χ1n) is 5.65. The average Bonchev–Trinajstić information content (AvgIpc) is 2.28. The van der Waals surface area contributed by atoms with E-state index in [0.717, 1.165) is 6.07 Å². The van der Waals surface area contributed by atoms with Gasteiger partial charge in [-0.05, 0) is 25.7 Å². The summed E-state index contributed by atoms with van der Waals surface area (Å²) in [6, 6.07) is 1.42. The Labute approximate surface area is 97.5 Å². The predicted octanol–water partition coefficient (Wildman–Crippen LogP) is 2.82. The normalized spacial score (nSPS) is 24.7. The van der Waals surface area contributed by atoms with Crippen molar-refractivity contribution in [3.05, 3.63) is 29.6 Å². The molecule has 1 fully saturated rings. The van der Waals surface area contributed by atoms with E-state index >= 15 is 0 Å². The van der Waals surface area contributed by atoms with Crippen molar-refractivity contribution in [2.75, 3.05) is 5.32 Å². The summed E-state index contributed by atoms with van der Waals surface area (Å²) in [5.74, 6) is -3.05. The second-order valence-corrected chi connectivity index (χ2v) is 4.40. The molecule has 0 bridgehead atoms. The molecule has 0 radical (unpaired) electrons. The number of hydrogen-bond acceptors (Lipinski definition) is 2. The maximum absolute atomic E-state index is 13.4. The molecule has 5 heteroatoms. The van der Waals surface area contributed by atoms with E-state index in [1.807, 2.05) is 0 Å². The largest absolute Gasteiger partial charge is 0.393 e. The van der Waals surface area contributed by atoms with E-state index in [4.69, 9.17) is 0 Å². The fourth-order valence-corrected chi connectivity index (χ4v) is 2.10. The van der Waals surface area contributed by atoms with Crippen LogP contribution in [0.25, 0.3) is 0 Å². The lowest BCUT2D eigenvalue weighted by Crippen LogP contribution is -2.28. The van der Waals surface area contributed by atoms with Crippen LogP contribution in [-0.4, -0.2) is 17.3 Å². The number of halogens is 3. The van der Waals surface area contributed by atoms with Crippen molar-refractivity contribution < 1.29 is 18.3 Å². The first kappa shape index (κ1) is 12.2. The fourth-order valence-electron chi connectivity index (χ4n) is 2.10. The zero-order valence-corrected chi connectivity index (χ0v) is 9.22. The van der Waals surface area contributed by atoms with Crippen molar-refractivity contribution in [2.24, 2.45) is 0 Å². The van der Waals surface area contributed by atoms with E-state index < -0.39 is 17.5 Å². The number of anilines is 1. The molecular formula is C12H14F3NO. The molecule has 1 saturated carbocycles. The maximum Gasteiger partial charge on any atom is 0.182 e. The van der Waals surface area contributed by atoms with Crippen LogP contribution >= 0.6 is 0 Å². The van der Waals surface area contributed by atoms with Gasteiger partial charge in [0.1, 0.15) is 5.82 Å². The number of nitrogens with one attached hydrogen (secondary N) is 1. The van der Waals surface area contributed by atoms with Crippen LogP contribution in [0.1, 0.15) is 25.7 Å². The van der Waals surface area contributed by atoms with Gasteiger partial charge in [-0.15, -0.1) is 0 Å². The monoisotopic (exact) mass is 245 g/mol. The molecule has 0 atom stereocenters. The zero-order chi connectivity index (χ0) is 12.4. The Balaban J connectivity index is 2.08. The second kappa shape index (κ2) is 4.96. The van der Waals surface area contributed by atoms with Gasteiger partial charge in [-0.25, -0.2) is 13.2 Å². The van der Waals surface area contributed by atoms with E-state index in [1.165, 1.54) is 0 Å². The SMILES string of the molecule is OC1CCC(Nc2cc(F)cc(F)c2F)CC1. The molecule has 1 aromatic carbocycles. The molecule has 0 unspecified atom stereocenters. The molecule has 2 rings (SSSR count). The van der Waals surface area contributed by atoms with Crippen LogP contribution in [0, 0.1) is 17.5 Å². The van der Waals surface area contributed by atoms with Gasteiger partial charge in [-0.1, -0.05) is 0 Å². The third-order valence-electron chi connectivity index (χ3n) is 3.05. The highest BCUT2D eigenvalue weighted by molar-refractivity contribution is 5.46. The third-order valence-corrected chi connectivity index (χ3v) is 3.05. The van der Waals surface area contributed by atoms with Crippen molar-refractivity contribution >= 4 is 5.69 Å². The molecule has 0 aliphatic heterocycles. The van der Waals surface area contributed by atoms with E-state index in [-0.39, 0.29) is 17.8 Å². The smallest absolute Gasteiger partial charge is 0.182 e. The quantitative estimate of drug-likeness (QED) is 0.785. The summed E-state index contributed by atoms with van der Waals surface area (Å²) < 4.78 is 39.3. The van der Waals surface area contributed by atoms with E-state index in [1.54, 1.807) is 0 Å². The van der Waals surface area contributed by atoms with E-state index in [9.17, 15) is 18.3 Å². The molecule has 17 heavy (non-hydrogen) atoms. The van der Waals surface area contributed by atoms with Crippen molar-refractivity contribution in [2.45, 2.75) is 37.8 Å². The summed E-state index contributed by atoms with van der Waals surface area (Å²) in [7, 11) is 0. The lowest BCUT2D eigenvalue weighted by Gasteiger charge is -2.27. The minimum atomic E-state index is -1.19. The highest BCUT2D eigenvalue weighted by Gasteiger charge is 2.21. The van der Waals surface area contributed by atoms with Crippen LogP contribution in [0.4, 0.5) is 18.9 Å². The number of benzene rings is 1. The lowest BCUT2D eigenvalue weighted by atomic mass is 9.93. The molecule has 0 saturated heterocycles. The Kier molecular flexibility index (Phi) is 3.57. The molecule has 0 spiro atoms. The Morgan fingerprint density at radius 2 is 1.71 bits per heavy atom. The highest BCUT2D eigenvalue weighted by Crippen LogP contribution is 2.25. The average molecular weight is 245 g/mol. The van der Waals surface area contributed by atoms with Crippen LogP contribution in [0.3, 0.4) is 0 Å². The van der Waals surface area contributed by atoms with Gasteiger partial charge in [0.15, 0.2) is 11.6 Å². The Hall–Kier alpha value is -1.23. The molecule has 1 aliphatic carbocycles. The summed E-state index contributed by atoms with van der Waals surface area (Å²) in [6.45, 7) is 0. The van der Waals surface area contributed by atoms with Crippen molar-refractivity contribution in [3.63, 3.8) is 0 Å². The van der Waals surface area contributed by atoms with Crippen LogP contribution in [0.2, 0.25) is 0 Å². The zero-order valence-electron chi connectivity index (χ0n) is 9.22. The predicted molar refractivity (Wildman–Crippen MR) is 58.2 cm³/mol. The van der Waals surface area contributed by atoms with Gasteiger partial charge < -0.3 is 10.4 Å². The van der Waals surface area contributed by atoms with E-state index in [0.29, 0.717) is 31.7 Å². The second-order valence-electron chi connectivity index (χ2n) is 4.40. The van der Waals surface area contributed by atoms with Crippen LogP contribution < -0.4 is 5.32 Å². The van der Waals surface area contributed by atoms with Crippen LogP contribution in [0.15, 0.2) is 12.1 Å². The maximum atomic E-state index is 13.4. The number of rotatable bonds is 2. The molecule has 1 aromatic rings. The first-order valence-corrected chi connectivity index (χ1v) is 5.65. The Morgan fingerprint density at radius 3 is 2.35 bits per heavy atom. The Bertz CT molecular complexity index is 403. The summed E-state index contributed by atoms with van der Waals surface area (Å²) in [4.78, 5) is 0. The summed E-state index contributed by atoms with van der Waals surface area (Å²) in [5.41, 5.74) is -0.149. The number of aliphatic hydroxyl groups is 1. The molecule has 94 valence electrons. The van der Waals surface area contributed by atoms with Crippen LogP contribution in [-0.2, 0) is 0 Å². The molecule has 2 nitrogen and oxygen atoms in total. The van der Waals surface area contributed by atoms with Gasteiger partial charge in [0, 0.05) is 18.2 Å². The van der Waals surface area contributed by atoms with Gasteiger partial charge in [0.2, 0.25) is 0 Å². The van der Waals surface area contributed by atoms with Gasteiger partial charge in [-0.2, -0.15) is 0 Å². The molecule has 0 amide bonds. The summed E-state index contributed by atoms with van der Waals surface area (Å²) >= 11 is 0. The number of aliphatic hydroxyl groups excluding tert-OH is 1. The fraction of sp³-hybridized carbons (Fsp3) is 0.500. The minimum Gasteiger partial charge on any atom is -0.393 e. The van der Waals surface area contributed by atoms with Gasteiger partial charge in [-0.3, -0.25) is 0 Å². The summed E-state index contributed by atoms with van der Waals surface area (Å²) in [6.07, 6.45) is 2.26. The van der Waals surface area contributed by atoms with E-state index in [2.05, 4.69) is 5.32 Å². The van der Waals surface area contributed by atoms with Crippen LogP contribution in [0.5, 0.6) is 0 Å². The minimum absolute atomic E-state index is 0.0471. The summed E-state index contributed by atoms with van der Waals surface area (Å²) in [5, 5.41) is 12.1. The van der Waals surface area contributed by atoms with Gasteiger partial charge in [0.05, 0.1) is 11.8 Å². The number of hydrogen-bond donors (Lipinski definition) is 2. The third kappa shape index (κ3) is 2.91. The standard InChI is InChI=1S/C12H14F3NO/c13-7-5-10(14)12(15)11(6-7)16-8-1-3-9(17)4-2-8/h5-6,8-9,16-17H,1-4H2. The lowest BCUT2D eigenvalue weighted by molar-refractivity contribution is 0.126. The van der Waals surface area contributed by atoms with Gasteiger partial charge in [0.25, 0.3) is 0 Å². The molecule has 1 aliphatic rings. The van der Waals surface area contributed by atoms with Crippen molar-refractivity contribution in [3.8, 4) is 0 Å². The molecule has 0 heterocycles. The Morgan fingerprint density at radius 1 is 1.06 bits per heavy atom. The topological polar surface area (TPSA) is 32.3 Å². The van der Waals surface area contributed by atoms with Gasteiger partial charge >= 0.3 is 0 Å². The molecular weight excluding hydrogens is 231 g/mol. The molecule has 0 aromatic heterocycles.